The van der Waals surface area contributed by atoms with Gasteiger partial charge in [-0.1, -0.05) is 49.3 Å². The van der Waals surface area contributed by atoms with Gasteiger partial charge < -0.3 is 9.26 Å². The highest BCUT2D eigenvalue weighted by Gasteiger charge is 2.24. The molecule has 0 radical (unpaired) electrons. The third-order valence-corrected chi connectivity index (χ3v) is 6.15. The van der Waals surface area contributed by atoms with Crippen LogP contribution in [-0.2, 0) is 16.4 Å². The number of nitrogens with one attached hydrogen (secondary N) is 1. The Balaban J connectivity index is 2.06. The highest BCUT2D eigenvalue weighted by molar-refractivity contribution is 7.92. The Labute approximate surface area is 171 Å². The summed E-state index contributed by atoms with van der Waals surface area (Å²) in [6, 6.07) is 12.7. The van der Waals surface area contributed by atoms with E-state index in [1.54, 1.807) is 45.2 Å². The molecule has 1 aromatic heterocycles. The maximum Gasteiger partial charge on any atom is 0.264 e. The minimum atomic E-state index is -3.89. The Bertz CT molecular complexity index is 1120. The zero-order chi connectivity index (χ0) is 21.2. The van der Waals surface area contributed by atoms with Crippen LogP contribution in [0, 0.1) is 19.8 Å². The van der Waals surface area contributed by atoms with Crippen LogP contribution in [0.3, 0.4) is 0 Å². The first-order valence-electron chi connectivity index (χ1n) is 9.45. The Morgan fingerprint density at radius 2 is 1.83 bits per heavy atom. The minimum absolute atomic E-state index is 0.122. The van der Waals surface area contributed by atoms with Crippen LogP contribution in [0.4, 0.5) is 5.88 Å². The number of hydrogen-bond donors (Lipinski definition) is 1. The first-order chi connectivity index (χ1) is 13.7. The van der Waals surface area contributed by atoms with Crippen molar-refractivity contribution in [3.05, 3.63) is 59.3 Å². The van der Waals surface area contributed by atoms with Crippen LogP contribution < -0.4 is 9.46 Å². The molecule has 3 aromatic rings. The molecule has 0 aliphatic heterocycles. The molecule has 6 nitrogen and oxygen atoms in total. The predicted octanol–water partition coefficient (Wildman–Crippen LogP) is 4.97. The molecule has 7 heteroatoms. The molecular weight excluding hydrogens is 388 g/mol. The van der Waals surface area contributed by atoms with Gasteiger partial charge in [-0.2, -0.15) is 0 Å². The van der Waals surface area contributed by atoms with Gasteiger partial charge in [0.05, 0.1) is 17.7 Å². The number of anilines is 1. The Morgan fingerprint density at radius 3 is 2.45 bits per heavy atom. The lowest BCUT2D eigenvalue weighted by Gasteiger charge is -2.15. The fourth-order valence-corrected chi connectivity index (χ4v) is 4.44. The quantitative estimate of drug-likeness (QED) is 0.590. The molecule has 0 atom stereocenters. The Morgan fingerprint density at radius 1 is 1.10 bits per heavy atom. The summed E-state index contributed by atoms with van der Waals surface area (Å²) in [4.78, 5) is 0.142. The van der Waals surface area contributed by atoms with Gasteiger partial charge in [-0.3, -0.25) is 0 Å². The standard InChI is InChI=1S/C22H26N2O4S/c1-14(2)12-17-10-11-18(20(13-17)27-5)19-8-6-7-9-21(19)29(25,26)24-22-15(3)16(4)23-28-22/h6-11,13-14,24H,12H2,1-5H3. The third kappa shape index (κ3) is 4.45. The molecular formula is C22H26N2O4S. The van der Waals surface area contributed by atoms with E-state index in [4.69, 9.17) is 9.26 Å². The fraction of sp³-hybridized carbons (Fsp3) is 0.318. The van der Waals surface area contributed by atoms with Crippen LogP contribution in [0.1, 0.15) is 30.7 Å². The molecule has 2 aromatic carbocycles. The molecule has 3 rings (SSSR count). The number of ether oxygens (including phenoxy) is 1. The summed E-state index contributed by atoms with van der Waals surface area (Å²) in [7, 11) is -2.30. The van der Waals surface area contributed by atoms with Crippen molar-refractivity contribution in [2.24, 2.45) is 5.92 Å². The molecule has 0 unspecified atom stereocenters. The maximum atomic E-state index is 13.1. The summed E-state index contributed by atoms with van der Waals surface area (Å²) in [6.07, 6.45) is 0.919. The molecule has 0 saturated heterocycles. The van der Waals surface area contributed by atoms with Crippen molar-refractivity contribution in [2.75, 3.05) is 11.8 Å². The van der Waals surface area contributed by atoms with Gasteiger partial charge in [-0.15, -0.1) is 0 Å². The first kappa shape index (κ1) is 20.9. The predicted molar refractivity (Wildman–Crippen MR) is 114 cm³/mol. The number of hydrogen-bond acceptors (Lipinski definition) is 5. The van der Waals surface area contributed by atoms with Crippen molar-refractivity contribution in [1.29, 1.82) is 0 Å². The summed E-state index contributed by atoms with van der Waals surface area (Å²) in [6.45, 7) is 7.82. The Kier molecular flexibility index (Phi) is 5.98. The molecule has 0 saturated carbocycles. The first-order valence-corrected chi connectivity index (χ1v) is 10.9. The van der Waals surface area contributed by atoms with Crippen molar-refractivity contribution in [1.82, 2.24) is 5.16 Å². The number of aryl methyl sites for hydroxylation is 1. The number of methoxy groups -OCH3 is 1. The molecule has 0 aliphatic rings. The lowest BCUT2D eigenvalue weighted by Crippen LogP contribution is -2.14. The zero-order valence-corrected chi connectivity index (χ0v) is 18.1. The van der Waals surface area contributed by atoms with E-state index >= 15 is 0 Å². The average molecular weight is 415 g/mol. The van der Waals surface area contributed by atoms with E-state index < -0.39 is 10.0 Å². The molecule has 154 valence electrons. The zero-order valence-electron chi connectivity index (χ0n) is 17.3. The normalized spacial score (nSPS) is 11.7. The van der Waals surface area contributed by atoms with E-state index in [0.29, 0.717) is 34.1 Å². The lowest BCUT2D eigenvalue weighted by molar-refractivity contribution is 0.415. The maximum absolute atomic E-state index is 13.1. The van der Waals surface area contributed by atoms with Gasteiger partial charge in [-0.05, 0) is 43.9 Å². The van der Waals surface area contributed by atoms with Gasteiger partial charge in [0.25, 0.3) is 10.0 Å². The molecule has 1 N–H and O–H groups in total. The SMILES string of the molecule is COc1cc(CC(C)C)ccc1-c1ccccc1S(=O)(=O)Nc1onc(C)c1C. The van der Waals surface area contributed by atoms with Gasteiger partial charge in [0.15, 0.2) is 0 Å². The molecule has 0 fully saturated rings. The van der Waals surface area contributed by atoms with E-state index in [2.05, 4.69) is 23.7 Å². The second-order valence-corrected chi connectivity index (χ2v) is 9.11. The topological polar surface area (TPSA) is 81.4 Å². The molecule has 0 amide bonds. The molecule has 1 heterocycles. The van der Waals surface area contributed by atoms with Crippen LogP contribution >= 0.6 is 0 Å². The number of sulfonamides is 1. The van der Waals surface area contributed by atoms with Crippen molar-refractivity contribution in [3.8, 4) is 16.9 Å². The van der Waals surface area contributed by atoms with Crippen LogP contribution in [0.25, 0.3) is 11.1 Å². The summed E-state index contributed by atoms with van der Waals surface area (Å²) >= 11 is 0. The largest absolute Gasteiger partial charge is 0.496 e. The molecule has 0 aliphatic carbocycles. The summed E-state index contributed by atoms with van der Waals surface area (Å²) < 4.78 is 39.5. The van der Waals surface area contributed by atoms with Crippen LogP contribution in [-0.4, -0.2) is 20.7 Å². The number of benzene rings is 2. The van der Waals surface area contributed by atoms with E-state index in [1.807, 2.05) is 18.2 Å². The van der Waals surface area contributed by atoms with Crippen molar-refractivity contribution < 1.29 is 17.7 Å². The van der Waals surface area contributed by atoms with Crippen LogP contribution in [0.5, 0.6) is 5.75 Å². The summed E-state index contributed by atoms with van der Waals surface area (Å²) in [5, 5.41) is 3.81. The summed E-state index contributed by atoms with van der Waals surface area (Å²) in [5.74, 6) is 1.27. The van der Waals surface area contributed by atoms with Crippen molar-refractivity contribution >= 4 is 15.9 Å². The van der Waals surface area contributed by atoms with Crippen LogP contribution in [0.2, 0.25) is 0 Å². The Hall–Kier alpha value is -2.80. The lowest BCUT2D eigenvalue weighted by atomic mass is 9.98. The highest BCUT2D eigenvalue weighted by atomic mass is 32.2. The molecule has 29 heavy (non-hydrogen) atoms. The van der Waals surface area contributed by atoms with Gasteiger partial charge in [0.1, 0.15) is 5.75 Å². The van der Waals surface area contributed by atoms with Crippen LogP contribution in [0.15, 0.2) is 51.9 Å². The van der Waals surface area contributed by atoms with E-state index in [-0.39, 0.29) is 10.8 Å². The van der Waals surface area contributed by atoms with Crippen molar-refractivity contribution in [3.63, 3.8) is 0 Å². The number of nitrogens with zero attached hydrogens (tertiary/aromatic N) is 1. The fourth-order valence-electron chi connectivity index (χ4n) is 3.17. The molecule has 0 bridgehead atoms. The number of aromatic nitrogens is 1. The number of rotatable bonds is 7. The van der Waals surface area contributed by atoms with Crippen molar-refractivity contribution in [2.45, 2.75) is 39.0 Å². The monoisotopic (exact) mass is 414 g/mol. The average Bonchev–Trinajstić information content (AvgIpc) is 2.99. The van der Waals surface area contributed by atoms with Gasteiger partial charge >= 0.3 is 0 Å². The van der Waals surface area contributed by atoms with Gasteiger partial charge in [0, 0.05) is 16.7 Å². The minimum Gasteiger partial charge on any atom is -0.496 e. The highest BCUT2D eigenvalue weighted by Crippen LogP contribution is 2.36. The second-order valence-electron chi connectivity index (χ2n) is 7.46. The van der Waals surface area contributed by atoms with Gasteiger partial charge in [0.2, 0.25) is 5.88 Å². The second kappa shape index (κ2) is 8.29. The van der Waals surface area contributed by atoms with Gasteiger partial charge in [-0.25, -0.2) is 13.1 Å². The van der Waals surface area contributed by atoms with E-state index in [1.165, 1.54) is 0 Å². The summed E-state index contributed by atoms with van der Waals surface area (Å²) in [5.41, 5.74) is 3.71. The van der Waals surface area contributed by atoms with E-state index in [9.17, 15) is 8.42 Å². The smallest absolute Gasteiger partial charge is 0.264 e. The third-order valence-electron chi connectivity index (χ3n) is 4.76. The molecule has 0 spiro atoms. The van der Waals surface area contributed by atoms with E-state index in [0.717, 1.165) is 12.0 Å².